The van der Waals surface area contributed by atoms with Crippen LogP contribution in [0.5, 0.6) is 5.75 Å². The number of para-hydroxylation sites is 1. The Labute approximate surface area is 145 Å². The lowest BCUT2D eigenvalue weighted by Gasteiger charge is -2.10. The van der Waals surface area contributed by atoms with Crippen molar-refractivity contribution in [3.63, 3.8) is 0 Å². The van der Waals surface area contributed by atoms with Gasteiger partial charge in [-0.3, -0.25) is 0 Å². The van der Waals surface area contributed by atoms with E-state index < -0.39 is 11.6 Å². The summed E-state index contributed by atoms with van der Waals surface area (Å²) in [6.45, 7) is 0.824. The zero-order chi connectivity index (χ0) is 17.5. The van der Waals surface area contributed by atoms with Crippen molar-refractivity contribution >= 4 is 5.69 Å². The second-order valence-electron chi connectivity index (χ2n) is 5.52. The third kappa shape index (κ3) is 5.02. The molecule has 0 heterocycles. The predicted octanol–water partition coefficient (Wildman–Crippen LogP) is 4.66. The molecule has 0 fully saturated rings. The van der Waals surface area contributed by atoms with E-state index in [0.29, 0.717) is 6.54 Å². The molecule has 0 aliphatic rings. The highest BCUT2D eigenvalue weighted by Crippen LogP contribution is 2.19. The summed E-state index contributed by atoms with van der Waals surface area (Å²) in [6, 6.07) is 20.7. The largest absolute Gasteiger partial charge is 0.486 e. The van der Waals surface area contributed by atoms with Crippen molar-refractivity contribution in [2.45, 2.75) is 13.2 Å². The third-order valence-corrected chi connectivity index (χ3v) is 3.61. The quantitative estimate of drug-likeness (QED) is 0.614. The normalized spacial score (nSPS) is 10.5. The van der Waals surface area contributed by atoms with Gasteiger partial charge in [0.15, 0.2) is 11.6 Å². The van der Waals surface area contributed by atoms with Crippen LogP contribution in [0.1, 0.15) is 11.1 Å². The van der Waals surface area contributed by atoms with Crippen LogP contribution < -0.4 is 15.6 Å². The first-order valence-corrected chi connectivity index (χ1v) is 7.90. The number of hydrogen-bond acceptors (Lipinski definition) is 3. The number of hydrazine groups is 1. The number of rotatable bonds is 7. The molecular weight excluding hydrogens is 322 g/mol. The Balaban J connectivity index is 1.49. The Morgan fingerprint density at radius 1 is 0.800 bits per heavy atom. The van der Waals surface area contributed by atoms with Gasteiger partial charge < -0.3 is 10.2 Å². The summed E-state index contributed by atoms with van der Waals surface area (Å²) >= 11 is 0. The molecule has 0 radical (unpaired) electrons. The van der Waals surface area contributed by atoms with Crippen LogP contribution in [0.25, 0.3) is 0 Å². The fraction of sp³-hybridized carbons (Fsp3) is 0.100. The van der Waals surface area contributed by atoms with Gasteiger partial charge in [0.25, 0.3) is 0 Å². The fourth-order valence-corrected chi connectivity index (χ4v) is 2.27. The Morgan fingerprint density at radius 2 is 1.52 bits per heavy atom. The number of benzene rings is 3. The highest BCUT2D eigenvalue weighted by molar-refractivity contribution is 5.41. The molecule has 5 heteroatoms. The summed E-state index contributed by atoms with van der Waals surface area (Å²) in [5.41, 5.74) is 9.21. The Hall–Kier alpha value is -2.92. The lowest BCUT2D eigenvalue weighted by atomic mass is 10.1. The van der Waals surface area contributed by atoms with Crippen LogP contribution in [-0.4, -0.2) is 0 Å². The topological polar surface area (TPSA) is 33.3 Å². The Morgan fingerprint density at radius 3 is 2.28 bits per heavy atom. The summed E-state index contributed by atoms with van der Waals surface area (Å²) in [4.78, 5) is 0. The van der Waals surface area contributed by atoms with E-state index in [2.05, 4.69) is 10.9 Å². The molecule has 0 amide bonds. The van der Waals surface area contributed by atoms with E-state index in [4.69, 9.17) is 4.74 Å². The van der Waals surface area contributed by atoms with E-state index in [1.54, 1.807) is 0 Å². The first kappa shape index (κ1) is 16.9. The van der Waals surface area contributed by atoms with Crippen LogP contribution in [0.4, 0.5) is 14.5 Å². The van der Waals surface area contributed by atoms with Gasteiger partial charge in [0.2, 0.25) is 0 Å². The lowest BCUT2D eigenvalue weighted by Crippen LogP contribution is -2.20. The van der Waals surface area contributed by atoms with E-state index in [-0.39, 0.29) is 12.4 Å². The minimum Gasteiger partial charge on any atom is -0.486 e. The van der Waals surface area contributed by atoms with Crippen LogP contribution in [0.2, 0.25) is 0 Å². The first-order chi connectivity index (χ1) is 12.2. The molecule has 0 bridgehead atoms. The van der Waals surface area contributed by atoms with E-state index in [1.165, 1.54) is 0 Å². The van der Waals surface area contributed by atoms with Gasteiger partial charge in [0, 0.05) is 18.3 Å². The SMILES string of the molecule is Fc1ccc(F)c(OCc2ccc(CNNc3ccccc3)cc2)c1. The monoisotopic (exact) mass is 340 g/mol. The van der Waals surface area contributed by atoms with Gasteiger partial charge in [0.05, 0.1) is 0 Å². The van der Waals surface area contributed by atoms with Crippen molar-refractivity contribution < 1.29 is 13.5 Å². The predicted molar refractivity (Wildman–Crippen MR) is 94.0 cm³/mol. The average Bonchev–Trinajstić information content (AvgIpc) is 2.64. The number of halogens is 2. The molecule has 0 aliphatic heterocycles. The van der Waals surface area contributed by atoms with Gasteiger partial charge >= 0.3 is 0 Å². The van der Waals surface area contributed by atoms with Crippen molar-refractivity contribution in [3.8, 4) is 5.75 Å². The second-order valence-corrected chi connectivity index (χ2v) is 5.52. The summed E-state index contributed by atoms with van der Waals surface area (Å²) in [5.74, 6) is -1.18. The van der Waals surface area contributed by atoms with Crippen LogP contribution in [0, 0.1) is 11.6 Å². The van der Waals surface area contributed by atoms with E-state index in [0.717, 1.165) is 35.0 Å². The van der Waals surface area contributed by atoms with Gasteiger partial charge in [0.1, 0.15) is 12.4 Å². The number of ether oxygens (including phenoxy) is 1. The highest BCUT2D eigenvalue weighted by atomic mass is 19.1. The molecule has 3 aromatic carbocycles. The van der Waals surface area contributed by atoms with E-state index in [9.17, 15) is 8.78 Å². The Bertz CT molecular complexity index is 808. The minimum absolute atomic E-state index is 0.0854. The maximum Gasteiger partial charge on any atom is 0.165 e. The van der Waals surface area contributed by atoms with Crippen LogP contribution in [-0.2, 0) is 13.2 Å². The average molecular weight is 340 g/mol. The van der Waals surface area contributed by atoms with Crippen LogP contribution >= 0.6 is 0 Å². The van der Waals surface area contributed by atoms with Crippen molar-refractivity contribution in [1.29, 1.82) is 0 Å². The van der Waals surface area contributed by atoms with E-state index in [1.807, 2.05) is 54.6 Å². The second kappa shape index (κ2) is 8.26. The number of nitrogens with one attached hydrogen (secondary N) is 2. The highest BCUT2D eigenvalue weighted by Gasteiger charge is 2.05. The summed E-state index contributed by atoms with van der Waals surface area (Å²) in [6.07, 6.45) is 0. The minimum atomic E-state index is -0.575. The first-order valence-electron chi connectivity index (χ1n) is 7.90. The molecule has 0 aromatic heterocycles. The van der Waals surface area contributed by atoms with Gasteiger partial charge in [-0.25, -0.2) is 14.2 Å². The number of hydrogen-bond donors (Lipinski definition) is 2. The molecule has 0 spiro atoms. The maximum atomic E-state index is 13.5. The third-order valence-electron chi connectivity index (χ3n) is 3.61. The molecular formula is C20H18F2N2O. The van der Waals surface area contributed by atoms with Crippen molar-refractivity contribution in [2.24, 2.45) is 0 Å². The summed E-state index contributed by atoms with van der Waals surface area (Å²) in [5, 5.41) is 0. The fourth-order valence-electron chi connectivity index (χ4n) is 2.27. The maximum absolute atomic E-state index is 13.5. The molecule has 0 aliphatic carbocycles. The molecule has 0 saturated carbocycles. The van der Waals surface area contributed by atoms with Crippen LogP contribution in [0.3, 0.4) is 0 Å². The smallest absolute Gasteiger partial charge is 0.165 e. The van der Waals surface area contributed by atoms with Gasteiger partial charge in [-0.05, 0) is 35.4 Å². The van der Waals surface area contributed by atoms with Gasteiger partial charge in [-0.1, -0.05) is 42.5 Å². The number of anilines is 1. The van der Waals surface area contributed by atoms with Crippen molar-refractivity contribution in [1.82, 2.24) is 5.43 Å². The summed E-state index contributed by atoms with van der Waals surface area (Å²) < 4.78 is 32.0. The lowest BCUT2D eigenvalue weighted by molar-refractivity contribution is 0.288. The molecule has 3 rings (SSSR count). The molecule has 2 N–H and O–H groups in total. The zero-order valence-electron chi connectivity index (χ0n) is 13.5. The van der Waals surface area contributed by atoms with Crippen molar-refractivity contribution in [3.05, 3.63) is 95.6 Å². The van der Waals surface area contributed by atoms with Crippen LogP contribution in [0.15, 0.2) is 72.8 Å². The van der Waals surface area contributed by atoms with Gasteiger partial charge in [-0.2, -0.15) is 0 Å². The molecule has 3 nitrogen and oxygen atoms in total. The zero-order valence-corrected chi connectivity index (χ0v) is 13.5. The van der Waals surface area contributed by atoms with Gasteiger partial charge in [-0.15, -0.1) is 0 Å². The molecule has 0 atom stereocenters. The molecule has 3 aromatic rings. The molecule has 128 valence electrons. The Kier molecular flexibility index (Phi) is 5.59. The van der Waals surface area contributed by atoms with E-state index >= 15 is 0 Å². The molecule has 25 heavy (non-hydrogen) atoms. The summed E-state index contributed by atoms with van der Waals surface area (Å²) in [7, 11) is 0. The standard InChI is InChI=1S/C20H18F2N2O/c21-17-10-11-19(22)20(12-17)25-14-16-8-6-15(7-9-16)13-23-24-18-4-2-1-3-5-18/h1-12,23-24H,13-14H2. The molecule has 0 unspecified atom stereocenters. The molecule has 0 saturated heterocycles. The van der Waals surface area contributed by atoms with Crippen molar-refractivity contribution in [2.75, 3.05) is 5.43 Å².